The molecule has 0 spiro atoms. The van der Waals surface area contributed by atoms with E-state index in [4.69, 9.17) is 4.98 Å². The molecule has 1 aromatic carbocycles. The molecule has 1 aliphatic rings. The van der Waals surface area contributed by atoms with Gasteiger partial charge in [0.15, 0.2) is 0 Å². The smallest absolute Gasteiger partial charge is 0.222 e. The molecule has 5 heteroatoms. The van der Waals surface area contributed by atoms with Crippen LogP contribution in [0.2, 0.25) is 0 Å². The molecule has 3 rings (SSSR count). The lowest BCUT2D eigenvalue weighted by molar-refractivity contribution is -0.133. The van der Waals surface area contributed by atoms with E-state index in [1.54, 1.807) is 11.3 Å². The van der Waals surface area contributed by atoms with E-state index < -0.39 is 0 Å². The Morgan fingerprint density at radius 3 is 2.70 bits per heavy atom. The molecule has 2 aromatic rings. The molecule has 0 radical (unpaired) electrons. The third kappa shape index (κ3) is 4.30. The van der Waals surface area contributed by atoms with Gasteiger partial charge in [-0.2, -0.15) is 0 Å². The highest BCUT2D eigenvalue weighted by Gasteiger charge is 2.21. The Bertz CT molecular complexity index is 614. The van der Waals surface area contributed by atoms with Gasteiger partial charge in [0.2, 0.25) is 5.91 Å². The number of carbonyl (C=O) groups is 1. The van der Waals surface area contributed by atoms with Crippen molar-refractivity contribution in [3.8, 4) is 0 Å². The van der Waals surface area contributed by atoms with Crippen molar-refractivity contribution in [3.63, 3.8) is 0 Å². The van der Waals surface area contributed by atoms with Crippen molar-refractivity contribution in [2.24, 2.45) is 0 Å². The Balaban J connectivity index is 1.48. The highest BCUT2D eigenvalue weighted by molar-refractivity contribution is 7.18. The monoisotopic (exact) mass is 331 g/mol. The summed E-state index contributed by atoms with van der Waals surface area (Å²) in [6.07, 6.45) is 4.07. The largest absolute Gasteiger partial charge is 0.340 e. The van der Waals surface area contributed by atoms with Crippen LogP contribution in [0, 0.1) is 0 Å². The molecule has 0 aliphatic carbocycles. The van der Waals surface area contributed by atoms with Gasteiger partial charge in [0.05, 0.1) is 16.8 Å². The molecule has 0 N–H and O–H groups in total. The van der Waals surface area contributed by atoms with Crippen molar-refractivity contribution >= 4 is 27.5 Å². The Morgan fingerprint density at radius 1 is 1.17 bits per heavy atom. The van der Waals surface area contributed by atoms with Crippen molar-refractivity contribution < 1.29 is 4.79 Å². The van der Waals surface area contributed by atoms with Gasteiger partial charge in [-0.05, 0) is 18.6 Å². The summed E-state index contributed by atoms with van der Waals surface area (Å²) in [6, 6.07) is 8.30. The highest BCUT2D eigenvalue weighted by atomic mass is 32.1. The van der Waals surface area contributed by atoms with Crippen molar-refractivity contribution in [1.29, 1.82) is 0 Å². The van der Waals surface area contributed by atoms with Crippen LogP contribution in [-0.4, -0.2) is 46.9 Å². The number of aromatic nitrogens is 1. The molecule has 1 saturated heterocycles. The van der Waals surface area contributed by atoms with Crippen molar-refractivity contribution in [3.05, 3.63) is 29.3 Å². The molecule has 4 nitrogen and oxygen atoms in total. The SMILES string of the molecule is CCCCCC(=O)N1CCN(Cc2nc3ccccc3s2)CC1. The van der Waals surface area contributed by atoms with Gasteiger partial charge in [-0.3, -0.25) is 9.69 Å². The maximum absolute atomic E-state index is 12.2. The summed E-state index contributed by atoms with van der Waals surface area (Å²) < 4.78 is 1.26. The van der Waals surface area contributed by atoms with Crippen LogP contribution in [-0.2, 0) is 11.3 Å². The van der Waals surface area contributed by atoms with E-state index in [0.29, 0.717) is 12.3 Å². The Hall–Kier alpha value is -1.46. The second kappa shape index (κ2) is 7.88. The third-order valence-electron chi connectivity index (χ3n) is 4.42. The molecule has 0 atom stereocenters. The number of nitrogens with zero attached hydrogens (tertiary/aromatic N) is 3. The molecule has 0 saturated carbocycles. The zero-order valence-corrected chi connectivity index (χ0v) is 14.6. The number of thiazole rings is 1. The summed E-state index contributed by atoms with van der Waals surface area (Å²) in [5.74, 6) is 0.332. The second-order valence-corrected chi connectivity index (χ2v) is 7.30. The Labute approximate surface area is 142 Å². The van der Waals surface area contributed by atoms with Crippen LogP contribution in [0.1, 0.15) is 37.6 Å². The van der Waals surface area contributed by atoms with Gasteiger partial charge in [-0.15, -0.1) is 11.3 Å². The molecule has 0 unspecified atom stereocenters. The Kier molecular flexibility index (Phi) is 5.62. The number of hydrogen-bond acceptors (Lipinski definition) is 4. The lowest BCUT2D eigenvalue weighted by Gasteiger charge is -2.34. The predicted octanol–water partition coefficient (Wildman–Crippen LogP) is 3.52. The van der Waals surface area contributed by atoms with Crippen LogP contribution in [0.5, 0.6) is 0 Å². The average molecular weight is 331 g/mol. The number of hydrogen-bond donors (Lipinski definition) is 0. The molecular weight excluding hydrogens is 306 g/mol. The quantitative estimate of drug-likeness (QED) is 0.760. The first-order chi connectivity index (χ1) is 11.3. The summed E-state index contributed by atoms with van der Waals surface area (Å²) in [4.78, 5) is 21.3. The number of piperazine rings is 1. The standard InChI is InChI=1S/C18H25N3OS/c1-2-3-4-9-18(22)21-12-10-20(11-13-21)14-17-19-15-7-5-6-8-16(15)23-17/h5-8H,2-4,9-14H2,1H3. The molecule has 1 fully saturated rings. The van der Waals surface area contributed by atoms with Crippen LogP contribution in [0.3, 0.4) is 0 Å². The topological polar surface area (TPSA) is 36.4 Å². The third-order valence-corrected chi connectivity index (χ3v) is 5.44. The van der Waals surface area contributed by atoms with Gasteiger partial charge < -0.3 is 4.90 Å². The molecule has 2 heterocycles. The zero-order valence-electron chi connectivity index (χ0n) is 13.8. The summed E-state index contributed by atoms with van der Waals surface area (Å²) in [7, 11) is 0. The number of unbranched alkanes of at least 4 members (excludes halogenated alkanes) is 2. The fourth-order valence-corrected chi connectivity index (χ4v) is 4.03. The minimum Gasteiger partial charge on any atom is -0.340 e. The first kappa shape index (κ1) is 16.4. The van der Waals surface area contributed by atoms with Crippen LogP contribution >= 0.6 is 11.3 Å². The van der Waals surface area contributed by atoms with Gasteiger partial charge in [-0.1, -0.05) is 31.9 Å². The fraction of sp³-hybridized carbons (Fsp3) is 0.556. The summed E-state index contributed by atoms with van der Waals surface area (Å²) in [6.45, 7) is 6.69. The molecule has 23 heavy (non-hydrogen) atoms. The minimum atomic E-state index is 0.332. The summed E-state index contributed by atoms with van der Waals surface area (Å²) in [5, 5.41) is 1.17. The van der Waals surface area contributed by atoms with Crippen LogP contribution < -0.4 is 0 Å². The summed E-state index contributed by atoms with van der Waals surface area (Å²) in [5.41, 5.74) is 1.09. The number of para-hydroxylation sites is 1. The van der Waals surface area contributed by atoms with Gasteiger partial charge in [0.1, 0.15) is 5.01 Å². The van der Waals surface area contributed by atoms with E-state index in [9.17, 15) is 4.79 Å². The molecule has 1 aliphatic heterocycles. The van der Waals surface area contributed by atoms with E-state index in [-0.39, 0.29) is 0 Å². The fourth-order valence-electron chi connectivity index (χ4n) is 3.02. The number of fused-ring (bicyclic) bond motifs is 1. The second-order valence-electron chi connectivity index (χ2n) is 6.19. The van der Waals surface area contributed by atoms with Gasteiger partial charge >= 0.3 is 0 Å². The van der Waals surface area contributed by atoms with Crippen LogP contribution in [0.25, 0.3) is 10.2 Å². The van der Waals surface area contributed by atoms with Gasteiger partial charge in [0, 0.05) is 32.6 Å². The van der Waals surface area contributed by atoms with Gasteiger partial charge in [0.25, 0.3) is 0 Å². The highest BCUT2D eigenvalue weighted by Crippen LogP contribution is 2.23. The first-order valence-corrected chi connectivity index (χ1v) is 9.42. The molecule has 1 aromatic heterocycles. The maximum Gasteiger partial charge on any atom is 0.222 e. The Morgan fingerprint density at radius 2 is 1.96 bits per heavy atom. The number of amides is 1. The van der Waals surface area contributed by atoms with Crippen LogP contribution in [0.15, 0.2) is 24.3 Å². The van der Waals surface area contributed by atoms with E-state index >= 15 is 0 Å². The first-order valence-electron chi connectivity index (χ1n) is 8.61. The predicted molar refractivity (Wildman–Crippen MR) is 95.6 cm³/mol. The van der Waals surface area contributed by atoms with Crippen molar-refractivity contribution in [2.45, 2.75) is 39.2 Å². The maximum atomic E-state index is 12.2. The van der Waals surface area contributed by atoms with E-state index in [2.05, 4.69) is 30.0 Å². The lowest BCUT2D eigenvalue weighted by Crippen LogP contribution is -2.48. The molecule has 1 amide bonds. The van der Waals surface area contributed by atoms with Crippen LogP contribution in [0.4, 0.5) is 0 Å². The lowest BCUT2D eigenvalue weighted by atomic mass is 10.2. The van der Waals surface area contributed by atoms with Crippen molar-refractivity contribution in [1.82, 2.24) is 14.8 Å². The number of carbonyl (C=O) groups excluding carboxylic acids is 1. The summed E-state index contributed by atoms with van der Waals surface area (Å²) >= 11 is 1.78. The average Bonchev–Trinajstić information content (AvgIpc) is 2.98. The van der Waals surface area contributed by atoms with E-state index in [1.165, 1.54) is 16.1 Å². The number of rotatable bonds is 6. The normalized spacial score (nSPS) is 16.1. The minimum absolute atomic E-state index is 0.332. The zero-order chi connectivity index (χ0) is 16.1. The van der Waals surface area contributed by atoms with E-state index in [0.717, 1.165) is 51.1 Å². The number of benzene rings is 1. The molecule has 124 valence electrons. The molecule has 0 bridgehead atoms. The van der Waals surface area contributed by atoms with Gasteiger partial charge in [-0.25, -0.2) is 4.98 Å². The van der Waals surface area contributed by atoms with Crippen molar-refractivity contribution in [2.75, 3.05) is 26.2 Å². The van der Waals surface area contributed by atoms with E-state index in [1.807, 2.05) is 11.0 Å². The molecular formula is C18H25N3OS.